The lowest BCUT2D eigenvalue weighted by atomic mass is 9.97. The van der Waals surface area contributed by atoms with Gasteiger partial charge in [0.1, 0.15) is 0 Å². The summed E-state index contributed by atoms with van der Waals surface area (Å²) in [5.74, 6) is 0.901. The fourth-order valence-corrected chi connectivity index (χ4v) is 3.90. The van der Waals surface area contributed by atoms with Crippen molar-refractivity contribution in [3.8, 4) is 0 Å². The summed E-state index contributed by atoms with van der Waals surface area (Å²) in [6, 6.07) is 4.63. The number of hydrogen-bond acceptors (Lipinski definition) is 3. The quantitative estimate of drug-likeness (QED) is 0.822. The minimum Gasteiger partial charge on any atom is -0.317 e. The molecule has 0 aromatic carbocycles. The standard InChI is InChI=1S/C16H28N2S/c1-3-11-18(12-14-7-9-17-10-8-14)13-16-6-5-15(4-2)19-16/h5-6,14,17H,3-4,7-13H2,1-2H3. The third-order valence-corrected chi connectivity index (χ3v) is 5.17. The van der Waals surface area contributed by atoms with Crippen molar-refractivity contribution in [2.24, 2.45) is 5.92 Å². The lowest BCUT2D eigenvalue weighted by Gasteiger charge is -2.29. The summed E-state index contributed by atoms with van der Waals surface area (Å²) in [5, 5.41) is 3.46. The molecule has 3 heteroatoms. The number of aryl methyl sites for hydroxylation is 1. The Morgan fingerprint density at radius 1 is 1.21 bits per heavy atom. The van der Waals surface area contributed by atoms with Crippen molar-refractivity contribution in [1.82, 2.24) is 10.2 Å². The second-order valence-electron chi connectivity index (χ2n) is 5.65. The van der Waals surface area contributed by atoms with Gasteiger partial charge < -0.3 is 5.32 Å². The molecule has 0 unspecified atom stereocenters. The number of thiophene rings is 1. The van der Waals surface area contributed by atoms with Crippen LogP contribution in [0.15, 0.2) is 12.1 Å². The Morgan fingerprint density at radius 3 is 2.58 bits per heavy atom. The lowest BCUT2D eigenvalue weighted by molar-refractivity contribution is 0.200. The molecule has 2 rings (SSSR count). The zero-order chi connectivity index (χ0) is 13.5. The number of hydrogen-bond donors (Lipinski definition) is 1. The fourth-order valence-electron chi connectivity index (χ4n) is 2.90. The number of piperidine rings is 1. The Kier molecular flexibility index (Phi) is 6.35. The second-order valence-corrected chi connectivity index (χ2v) is 6.90. The number of rotatable bonds is 7. The SMILES string of the molecule is CCCN(Cc1ccc(CC)s1)CC1CCNCC1. The predicted octanol–water partition coefficient (Wildman–Crippen LogP) is 3.52. The van der Waals surface area contributed by atoms with Crippen LogP contribution in [0.4, 0.5) is 0 Å². The third-order valence-electron chi connectivity index (χ3n) is 3.96. The van der Waals surface area contributed by atoms with E-state index in [4.69, 9.17) is 0 Å². The molecule has 0 radical (unpaired) electrons. The summed E-state index contributed by atoms with van der Waals surface area (Å²) >= 11 is 2.00. The first kappa shape index (κ1) is 15.0. The highest BCUT2D eigenvalue weighted by molar-refractivity contribution is 7.11. The van der Waals surface area contributed by atoms with Crippen molar-refractivity contribution in [3.05, 3.63) is 21.9 Å². The van der Waals surface area contributed by atoms with Gasteiger partial charge in [-0.25, -0.2) is 0 Å². The first-order valence-corrected chi connectivity index (χ1v) is 8.64. The van der Waals surface area contributed by atoms with Crippen LogP contribution in [-0.4, -0.2) is 31.1 Å². The molecule has 0 saturated carbocycles. The molecular formula is C16H28N2S. The Bertz CT molecular complexity index is 355. The summed E-state index contributed by atoms with van der Waals surface area (Å²) < 4.78 is 0. The summed E-state index contributed by atoms with van der Waals surface area (Å²) in [5.41, 5.74) is 0. The Hall–Kier alpha value is -0.380. The lowest BCUT2D eigenvalue weighted by Crippen LogP contribution is -2.36. The van der Waals surface area contributed by atoms with E-state index >= 15 is 0 Å². The van der Waals surface area contributed by atoms with E-state index < -0.39 is 0 Å². The van der Waals surface area contributed by atoms with Crippen LogP contribution >= 0.6 is 11.3 Å². The van der Waals surface area contributed by atoms with Crippen LogP contribution in [0.3, 0.4) is 0 Å². The van der Waals surface area contributed by atoms with E-state index in [1.165, 1.54) is 56.7 Å². The average Bonchev–Trinajstić information content (AvgIpc) is 2.88. The molecule has 0 spiro atoms. The monoisotopic (exact) mass is 280 g/mol. The van der Waals surface area contributed by atoms with E-state index in [0.717, 1.165) is 12.5 Å². The van der Waals surface area contributed by atoms with E-state index in [1.807, 2.05) is 11.3 Å². The zero-order valence-corrected chi connectivity index (χ0v) is 13.3. The number of nitrogens with one attached hydrogen (secondary N) is 1. The van der Waals surface area contributed by atoms with Crippen molar-refractivity contribution in [2.45, 2.75) is 46.1 Å². The first-order chi connectivity index (χ1) is 9.31. The smallest absolute Gasteiger partial charge is 0.0328 e. The van der Waals surface area contributed by atoms with Gasteiger partial charge in [0.05, 0.1) is 0 Å². The molecule has 0 bridgehead atoms. The average molecular weight is 280 g/mol. The first-order valence-electron chi connectivity index (χ1n) is 7.82. The summed E-state index contributed by atoms with van der Waals surface area (Å²) in [6.07, 6.45) is 5.14. The van der Waals surface area contributed by atoms with Crippen molar-refractivity contribution >= 4 is 11.3 Å². The molecule has 1 aromatic rings. The second kappa shape index (κ2) is 8.03. The van der Waals surface area contributed by atoms with Crippen molar-refractivity contribution in [3.63, 3.8) is 0 Å². The topological polar surface area (TPSA) is 15.3 Å². The van der Waals surface area contributed by atoms with Crippen molar-refractivity contribution < 1.29 is 0 Å². The fraction of sp³-hybridized carbons (Fsp3) is 0.750. The van der Waals surface area contributed by atoms with Crippen LogP contribution in [0.5, 0.6) is 0 Å². The summed E-state index contributed by atoms with van der Waals surface area (Å²) in [6.45, 7) is 10.6. The van der Waals surface area contributed by atoms with Gasteiger partial charge in [-0.05, 0) is 63.4 Å². The van der Waals surface area contributed by atoms with Crippen molar-refractivity contribution in [2.75, 3.05) is 26.2 Å². The van der Waals surface area contributed by atoms with Gasteiger partial charge >= 0.3 is 0 Å². The van der Waals surface area contributed by atoms with Gasteiger partial charge in [-0.1, -0.05) is 13.8 Å². The van der Waals surface area contributed by atoms with Gasteiger partial charge in [-0.3, -0.25) is 4.90 Å². The van der Waals surface area contributed by atoms with Crippen LogP contribution in [0.25, 0.3) is 0 Å². The van der Waals surface area contributed by atoms with E-state index in [2.05, 4.69) is 36.2 Å². The molecule has 0 amide bonds. The van der Waals surface area contributed by atoms with Gasteiger partial charge in [0.25, 0.3) is 0 Å². The Balaban J connectivity index is 1.87. The maximum atomic E-state index is 3.46. The molecule has 2 nitrogen and oxygen atoms in total. The molecule has 1 N–H and O–H groups in total. The normalized spacial score (nSPS) is 17.2. The molecule has 1 aliphatic heterocycles. The van der Waals surface area contributed by atoms with E-state index in [1.54, 1.807) is 4.88 Å². The molecule has 108 valence electrons. The minimum absolute atomic E-state index is 0.901. The predicted molar refractivity (Wildman–Crippen MR) is 84.9 cm³/mol. The highest BCUT2D eigenvalue weighted by Crippen LogP contribution is 2.21. The molecule has 1 saturated heterocycles. The van der Waals surface area contributed by atoms with Gasteiger partial charge in [0.2, 0.25) is 0 Å². The molecule has 2 heterocycles. The van der Waals surface area contributed by atoms with Crippen molar-refractivity contribution in [1.29, 1.82) is 0 Å². The van der Waals surface area contributed by atoms with E-state index in [-0.39, 0.29) is 0 Å². The highest BCUT2D eigenvalue weighted by Gasteiger charge is 2.17. The van der Waals surface area contributed by atoms with Gasteiger partial charge in [-0.15, -0.1) is 11.3 Å². The maximum Gasteiger partial charge on any atom is 0.0328 e. The van der Waals surface area contributed by atoms with Gasteiger partial charge in [0, 0.05) is 22.8 Å². The van der Waals surface area contributed by atoms with Crippen LogP contribution in [0.2, 0.25) is 0 Å². The summed E-state index contributed by atoms with van der Waals surface area (Å²) in [4.78, 5) is 5.73. The maximum absolute atomic E-state index is 3.46. The zero-order valence-electron chi connectivity index (χ0n) is 12.5. The van der Waals surface area contributed by atoms with Crippen LogP contribution in [0.1, 0.15) is 42.9 Å². The van der Waals surface area contributed by atoms with Gasteiger partial charge in [-0.2, -0.15) is 0 Å². The highest BCUT2D eigenvalue weighted by atomic mass is 32.1. The number of nitrogens with zero attached hydrogens (tertiary/aromatic N) is 1. The Morgan fingerprint density at radius 2 is 1.95 bits per heavy atom. The van der Waals surface area contributed by atoms with E-state index in [0.29, 0.717) is 0 Å². The molecule has 1 fully saturated rings. The van der Waals surface area contributed by atoms with Gasteiger partial charge in [0.15, 0.2) is 0 Å². The minimum atomic E-state index is 0.901. The molecular weight excluding hydrogens is 252 g/mol. The molecule has 1 aliphatic rings. The molecule has 1 aromatic heterocycles. The Labute approximate surface area is 122 Å². The molecule has 0 aliphatic carbocycles. The largest absolute Gasteiger partial charge is 0.317 e. The van der Waals surface area contributed by atoms with E-state index in [9.17, 15) is 0 Å². The molecule has 19 heavy (non-hydrogen) atoms. The van der Waals surface area contributed by atoms with Crippen LogP contribution in [0, 0.1) is 5.92 Å². The van der Waals surface area contributed by atoms with Crippen LogP contribution in [-0.2, 0) is 13.0 Å². The molecule has 0 atom stereocenters. The summed E-state index contributed by atoms with van der Waals surface area (Å²) in [7, 11) is 0. The van der Waals surface area contributed by atoms with Crippen LogP contribution < -0.4 is 5.32 Å². The third kappa shape index (κ3) is 4.90.